The summed E-state index contributed by atoms with van der Waals surface area (Å²) < 4.78 is 5.48. The molecule has 0 bridgehead atoms. The number of rotatable bonds is 2. The summed E-state index contributed by atoms with van der Waals surface area (Å²) >= 11 is 0. The summed E-state index contributed by atoms with van der Waals surface area (Å²) in [5, 5.41) is 0. The molecule has 3 heteroatoms. The van der Waals surface area contributed by atoms with Crippen molar-refractivity contribution < 1.29 is 9.53 Å². The van der Waals surface area contributed by atoms with Gasteiger partial charge in [0.25, 0.3) is 0 Å². The minimum absolute atomic E-state index is 0.122. The van der Waals surface area contributed by atoms with Gasteiger partial charge in [0, 0.05) is 13.1 Å². The maximum Gasteiger partial charge on any atom is 0.410 e. The average Bonchev–Trinajstić information content (AvgIpc) is 3.09. The molecule has 1 saturated carbocycles. The lowest BCUT2D eigenvalue weighted by Crippen LogP contribution is -2.46. The van der Waals surface area contributed by atoms with Crippen molar-refractivity contribution in [2.75, 3.05) is 13.1 Å². The first-order chi connectivity index (χ1) is 8.40. The van der Waals surface area contributed by atoms with Crippen LogP contribution in [0.4, 0.5) is 4.79 Å². The number of nitrogens with zero attached hydrogens (tertiary/aromatic N) is 1. The molecule has 0 radical (unpaired) electrons. The molecule has 1 amide bonds. The fourth-order valence-corrected chi connectivity index (χ4v) is 3.09. The van der Waals surface area contributed by atoms with Crippen LogP contribution in [0.1, 0.15) is 53.4 Å². The topological polar surface area (TPSA) is 29.5 Å². The Kier molecular flexibility index (Phi) is 3.88. The molecule has 104 valence electrons. The summed E-state index contributed by atoms with van der Waals surface area (Å²) in [5.74, 6) is 2.41. The maximum atomic E-state index is 12.1. The highest BCUT2D eigenvalue weighted by molar-refractivity contribution is 5.68. The standard InChI is InChI=1S/C15H27NO2/c1-5-11-8-9-16(10-13(11)12-6-7-12)14(17)18-15(2,3)4/h11-13H,5-10H2,1-4H3. The van der Waals surface area contributed by atoms with Crippen molar-refractivity contribution in [2.45, 2.75) is 59.0 Å². The van der Waals surface area contributed by atoms with Gasteiger partial charge in [-0.25, -0.2) is 4.79 Å². The van der Waals surface area contributed by atoms with Crippen LogP contribution in [-0.4, -0.2) is 29.7 Å². The van der Waals surface area contributed by atoms with Crippen LogP contribution in [0.2, 0.25) is 0 Å². The molecule has 1 aliphatic carbocycles. The molecular formula is C15H27NO2. The van der Waals surface area contributed by atoms with E-state index < -0.39 is 0 Å². The van der Waals surface area contributed by atoms with E-state index in [4.69, 9.17) is 4.74 Å². The van der Waals surface area contributed by atoms with Crippen LogP contribution in [0.25, 0.3) is 0 Å². The summed E-state index contributed by atoms with van der Waals surface area (Å²) in [6.07, 6.45) is 5.01. The first kappa shape index (κ1) is 13.7. The lowest BCUT2D eigenvalue weighted by Gasteiger charge is -2.39. The van der Waals surface area contributed by atoms with Crippen LogP contribution in [-0.2, 0) is 4.74 Å². The van der Waals surface area contributed by atoms with E-state index in [1.165, 1.54) is 19.3 Å². The number of hydrogen-bond donors (Lipinski definition) is 0. The SMILES string of the molecule is CCC1CCN(C(=O)OC(C)(C)C)CC1C1CC1. The Balaban J connectivity index is 1.93. The molecule has 3 nitrogen and oxygen atoms in total. The molecule has 1 saturated heterocycles. The van der Waals surface area contributed by atoms with Crippen molar-refractivity contribution >= 4 is 6.09 Å². The van der Waals surface area contributed by atoms with Crippen LogP contribution >= 0.6 is 0 Å². The third-order valence-corrected chi connectivity index (χ3v) is 4.21. The van der Waals surface area contributed by atoms with Gasteiger partial charge in [0.1, 0.15) is 5.60 Å². The zero-order valence-corrected chi connectivity index (χ0v) is 12.2. The number of likely N-dealkylation sites (tertiary alicyclic amines) is 1. The second-order valence-electron chi connectivity index (χ2n) is 6.88. The van der Waals surface area contributed by atoms with Gasteiger partial charge in [-0.3, -0.25) is 0 Å². The largest absolute Gasteiger partial charge is 0.444 e. The van der Waals surface area contributed by atoms with Crippen LogP contribution < -0.4 is 0 Å². The second kappa shape index (κ2) is 5.10. The molecule has 2 fully saturated rings. The first-order valence-corrected chi connectivity index (χ1v) is 7.38. The molecule has 1 heterocycles. The highest BCUT2D eigenvalue weighted by Gasteiger charge is 2.40. The Morgan fingerprint density at radius 1 is 1.28 bits per heavy atom. The van der Waals surface area contributed by atoms with E-state index in [0.717, 1.165) is 37.3 Å². The predicted octanol–water partition coefficient (Wildman–Crippen LogP) is 3.68. The van der Waals surface area contributed by atoms with E-state index in [0.29, 0.717) is 0 Å². The Labute approximate surface area is 111 Å². The van der Waals surface area contributed by atoms with Gasteiger partial charge in [0.15, 0.2) is 0 Å². The van der Waals surface area contributed by atoms with Crippen molar-refractivity contribution in [1.29, 1.82) is 0 Å². The van der Waals surface area contributed by atoms with Gasteiger partial charge in [0.05, 0.1) is 0 Å². The van der Waals surface area contributed by atoms with Gasteiger partial charge < -0.3 is 9.64 Å². The third-order valence-electron chi connectivity index (χ3n) is 4.21. The fraction of sp³-hybridized carbons (Fsp3) is 0.933. The maximum absolute atomic E-state index is 12.1. The van der Waals surface area contributed by atoms with Crippen LogP contribution in [0, 0.1) is 17.8 Å². The molecule has 18 heavy (non-hydrogen) atoms. The van der Waals surface area contributed by atoms with Gasteiger partial charge in [-0.1, -0.05) is 13.3 Å². The number of hydrogen-bond acceptors (Lipinski definition) is 2. The van der Waals surface area contributed by atoms with Gasteiger partial charge in [-0.05, 0) is 57.8 Å². The van der Waals surface area contributed by atoms with Gasteiger partial charge in [0.2, 0.25) is 0 Å². The van der Waals surface area contributed by atoms with Crippen molar-refractivity contribution in [3.8, 4) is 0 Å². The van der Waals surface area contributed by atoms with E-state index in [1.807, 2.05) is 25.7 Å². The zero-order valence-electron chi connectivity index (χ0n) is 12.2. The van der Waals surface area contributed by atoms with Crippen LogP contribution in [0.15, 0.2) is 0 Å². The quantitative estimate of drug-likeness (QED) is 0.751. The molecule has 2 rings (SSSR count). The second-order valence-corrected chi connectivity index (χ2v) is 6.88. The van der Waals surface area contributed by atoms with Crippen LogP contribution in [0.3, 0.4) is 0 Å². The molecule has 0 N–H and O–H groups in total. The highest BCUT2D eigenvalue weighted by Crippen LogP contribution is 2.44. The lowest BCUT2D eigenvalue weighted by atomic mass is 9.80. The Bertz CT molecular complexity index is 304. The van der Waals surface area contributed by atoms with Crippen molar-refractivity contribution in [1.82, 2.24) is 4.90 Å². The number of carbonyl (C=O) groups excluding carboxylic acids is 1. The number of ether oxygens (including phenoxy) is 1. The van der Waals surface area contributed by atoms with Crippen molar-refractivity contribution in [3.63, 3.8) is 0 Å². The van der Waals surface area contributed by atoms with E-state index in [-0.39, 0.29) is 11.7 Å². The number of carbonyl (C=O) groups is 1. The number of amides is 1. The van der Waals surface area contributed by atoms with Crippen molar-refractivity contribution in [3.05, 3.63) is 0 Å². The normalized spacial score (nSPS) is 29.2. The number of piperidine rings is 1. The third kappa shape index (κ3) is 3.39. The fourth-order valence-electron chi connectivity index (χ4n) is 3.09. The Morgan fingerprint density at radius 2 is 1.94 bits per heavy atom. The summed E-state index contributed by atoms with van der Waals surface area (Å²) in [7, 11) is 0. The van der Waals surface area contributed by atoms with Crippen molar-refractivity contribution in [2.24, 2.45) is 17.8 Å². The summed E-state index contributed by atoms with van der Waals surface area (Å²) in [5.41, 5.74) is -0.381. The monoisotopic (exact) mass is 253 g/mol. The predicted molar refractivity (Wildman–Crippen MR) is 72.4 cm³/mol. The van der Waals surface area contributed by atoms with E-state index in [9.17, 15) is 4.79 Å². The average molecular weight is 253 g/mol. The van der Waals surface area contributed by atoms with E-state index in [2.05, 4.69) is 6.92 Å². The molecule has 2 atom stereocenters. The minimum atomic E-state index is -0.381. The molecule has 2 unspecified atom stereocenters. The van der Waals surface area contributed by atoms with Gasteiger partial charge in [-0.2, -0.15) is 0 Å². The van der Waals surface area contributed by atoms with E-state index >= 15 is 0 Å². The summed E-state index contributed by atoms with van der Waals surface area (Å²) in [6.45, 7) is 9.87. The summed E-state index contributed by atoms with van der Waals surface area (Å²) in [4.78, 5) is 14.0. The molecule has 1 aliphatic heterocycles. The Morgan fingerprint density at radius 3 is 2.44 bits per heavy atom. The first-order valence-electron chi connectivity index (χ1n) is 7.38. The van der Waals surface area contributed by atoms with Crippen LogP contribution in [0.5, 0.6) is 0 Å². The minimum Gasteiger partial charge on any atom is -0.444 e. The lowest BCUT2D eigenvalue weighted by molar-refractivity contribution is 0.00778. The molecule has 2 aliphatic rings. The smallest absolute Gasteiger partial charge is 0.410 e. The molecule has 0 spiro atoms. The van der Waals surface area contributed by atoms with E-state index in [1.54, 1.807) is 0 Å². The molecule has 0 aromatic rings. The van der Waals surface area contributed by atoms with Gasteiger partial charge in [-0.15, -0.1) is 0 Å². The molecule has 0 aromatic heterocycles. The Hall–Kier alpha value is -0.730. The summed E-state index contributed by atoms with van der Waals surface area (Å²) in [6, 6.07) is 0. The molecular weight excluding hydrogens is 226 g/mol. The highest BCUT2D eigenvalue weighted by atomic mass is 16.6. The van der Waals surface area contributed by atoms with Gasteiger partial charge >= 0.3 is 6.09 Å². The zero-order chi connectivity index (χ0) is 13.3. The molecule has 0 aromatic carbocycles.